The second-order valence-electron chi connectivity index (χ2n) is 10.3. The monoisotopic (exact) mass is 588 g/mol. The van der Waals surface area contributed by atoms with Crippen LogP contribution in [-0.4, -0.2) is 11.1 Å². The van der Waals surface area contributed by atoms with Gasteiger partial charge in [0.25, 0.3) is 0 Å². The highest BCUT2D eigenvalue weighted by Crippen LogP contribution is 2.38. The Bertz CT molecular complexity index is 2170. The van der Waals surface area contributed by atoms with Gasteiger partial charge >= 0.3 is 5.97 Å². The first kappa shape index (κ1) is 27.0. The Morgan fingerprint density at radius 2 is 1.23 bits per heavy atom. The molecule has 44 heavy (non-hydrogen) atoms. The normalized spacial score (nSPS) is 11.5. The Morgan fingerprint density at radius 3 is 1.82 bits per heavy atom. The standard InChI is InChI=1S/C38H24N2O3S/c39-24-28(38(41)42)21-32-17-20-37(44-32)27-14-19-36-34(23-27)33-22-26(13-18-35(33)43-36)25-11-15-31(16-12-25)40(29-7-3-1-4-8-29)30-9-5-2-6-10-30/h1-23H,(H,41,42)/b28-21-. The lowest BCUT2D eigenvalue weighted by atomic mass is 10.0. The Morgan fingerprint density at radius 1 is 0.682 bits per heavy atom. The lowest BCUT2D eigenvalue weighted by molar-refractivity contribution is -0.132. The van der Waals surface area contributed by atoms with Crippen LogP contribution in [0.25, 0.3) is 49.6 Å². The van der Waals surface area contributed by atoms with E-state index in [9.17, 15) is 9.90 Å². The number of carboxylic acids is 1. The number of para-hydroxylation sites is 2. The maximum absolute atomic E-state index is 11.2. The lowest BCUT2D eigenvalue weighted by Crippen LogP contribution is -2.09. The van der Waals surface area contributed by atoms with Crippen molar-refractivity contribution < 1.29 is 14.3 Å². The van der Waals surface area contributed by atoms with Crippen molar-refractivity contribution in [2.45, 2.75) is 0 Å². The fourth-order valence-electron chi connectivity index (χ4n) is 5.38. The first-order valence-corrected chi connectivity index (χ1v) is 14.8. The Hall–Kier alpha value is -5.90. The van der Waals surface area contributed by atoms with E-state index in [1.165, 1.54) is 17.4 Å². The fraction of sp³-hybridized carbons (Fsp3) is 0. The first-order valence-electron chi connectivity index (χ1n) is 14.0. The minimum atomic E-state index is -1.23. The molecule has 0 radical (unpaired) electrons. The largest absolute Gasteiger partial charge is 0.477 e. The number of anilines is 3. The number of benzene rings is 5. The third-order valence-corrected chi connectivity index (χ3v) is 8.59. The topological polar surface area (TPSA) is 77.5 Å². The van der Waals surface area contributed by atoms with Crippen LogP contribution in [0.1, 0.15) is 4.88 Å². The lowest BCUT2D eigenvalue weighted by Gasteiger charge is -2.25. The molecule has 0 spiro atoms. The van der Waals surface area contributed by atoms with E-state index in [4.69, 9.17) is 9.68 Å². The molecule has 1 N–H and O–H groups in total. The van der Waals surface area contributed by atoms with Crippen molar-refractivity contribution in [3.05, 3.63) is 144 Å². The van der Waals surface area contributed by atoms with Crippen LogP contribution in [0.2, 0.25) is 0 Å². The molecule has 2 heterocycles. The molecule has 0 unspecified atom stereocenters. The Balaban J connectivity index is 1.23. The molecule has 5 nitrogen and oxygen atoms in total. The zero-order chi connectivity index (χ0) is 30.0. The minimum absolute atomic E-state index is 0.289. The first-order chi connectivity index (χ1) is 21.6. The number of rotatable bonds is 7. The van der Waals surface area contributed by atoms with Gasteiger partial charge < -0.3 is 14.4 Å². The summed E-state index contributed by atoms with van der Waals surface area (Å²) in [4.78, 5) is 15.2. The summed E-state index contributed by atoms with van der Waals surface area (Å²) in [6, 6.07) is 47.1. The highest BCUT2D eigenvalue weighted by atomic mass is 32.1. The summed E-state index contributed by atoms with van der Waals surface area (Å²) >= 11 is 1.44. The molecule has 7 aromatic rings. The number of nitrogens with zero attached hydrogens (tertiary/aromatic N) is 2. The van der Waals surface area contributed by atoms with Gasteiger partial charge in [0, 0.05) is 37.6 Å². The SMILES string of the molecule is N#C/C(=C/c1ccc(-c2ccc3oc4ccc(-c5ccc(N(c6ccccc6)c6ccccc6)cc5)cc4c3c2)s1)C(=O)O. The molecule has 0 fully saturated rings. The molecular weight excluding hydrogens is 564 g/mol. The number of fused-ring (bicyclic) bond motifs is 3. The second-order valence-corrected chi connectivity index (χ2v) is 11.4. The molecule has 0 amide bonds. The summed E-state index contributed by atoms with van der Waals surface area (Å²) in [6.45, 7) is 0. The van der Waals surface area contributed by atoms with Gasteiger partial charge in [-0.25, -0.2) is 4.79 Å². The predicted octanol–water partition coefficient (Wildman–Crippen LogP) is 10.4. The van der Waals surface area contributed by atoms with Crippen molar-refractivity contribution in [2.24, 2.45) is 0 Å². The zero-order valence-electron chi connectivity index (χ0n) is 23.3. The number of hydrogen-bond donors (Lipinski definition) is 1. The number of furan rings is 1. The van der Waals surface area contributed by atoms with Crippen molar-refractivity contribution in [1.29, 1.82) is 5.26 Å². The number of carboxylic acid groups (broad SMARTS) is 1. The molecule has 0 atom stereocenters. The van der Waals surface area contributed by atoms with Gasteiger partial charge in [-0.2, -0.15) is 5.26 Å². The third-order valence-electron chi connectivity index (χ3n) is 7.51. The summed E-state index contributed by atoms with van der Waals surface area (Å²) in [6.07, 6.45) is 1.40. The van der Waals surface area contributed by atoms with E-state index in [0.717, 1.165) is 60.6 Å². The molecule has 7 rings (SSSR count). The molecule has 0 aliphatic heterocycles. The number of nitriles is 1. The van der Waals surface area contributed by atoms with Gasteiger partial charge in [-0.3, -0.25) is 0 Å². The highest BCUT2D eigenvalue weighted by Gasteiger charge is 2.14. The Labute approximate surface area is 257 Å². The van der Waals surface area contributed by atoms with E-state index in [0.29, 0.717) is 4.88 Å². The van der Waals surface area contributed by atoms with Crippen molar-refractivity contribution in [3.63, 3.8) is 0 Å². The highest BCUT2D eigenvalue weighted by molar-refractivity contribution is 7.16. The van der Waals surface area contributed by atoms with Gasteiger partial charge in [0.2, 0.25) is 0 Å². The smallest absolute Gasteiger partial charge is 0.346 e. The average molecular weight is 589 g/mol. The molecule has 0 aliphatic carbocycles. The van der Waals surface area contributed by atoms with Gasteiger partial charge in [-0.1, -0.05) is 54.6 Å². The molecule has 0 aliphatic rings. The van der Waals surface area contributed by atoms with E-state index in [2.05, 4.69) is 71.6 Å². The van der Waals surface area contributed by atoms with Crippen molar-refractivity contribution >= 4 is 62.4 Å². The van der Waals surface area contributed by atoms with Crippen LogP contribution in [0.15, 0.2) is 143 Å². The van der Waals surface area contributed by atoms with Gasteiger partial charge in [-0.05, 0) is 102 Å². The predicted molar refractivity (Wildman–Crippen MR) is 178 cm³/mol. The fourth-order valence-corrected chi connectivity index (χ4v) is 6.33. The summed E-state index contributed by atoms with van der Waals surface area (Å²) in [7, 11) is 0. The average Bonchev–Trinajstić information content (AvgIpc) is 3.69. The van der Waals surface area contributed by atoms with E-state index in [1.807, 2.05) is 66.7 Å². The summed E-state index contributed by atoms with van der Waals surface area (Å²) in [5.74, 6) is -1.23. The van der Waals surface area contributed by atoms with Crippen LogP contribution < -0.4 is 4.90 Å². The van der Waals surface area contributed by atoms with E-state index in [1.54, 1.807) is 6.07 Å². The number of thiophene rings is 1. The molecular formula is C38H24N2O3S. The van der Waals surface area contributed by atoms with E-state index in [-0.39, 0.29) is 5.57 Å². The van der Waals surface area contributed by atoms with Crippen LogP contribution >= 0.6 is 11.3 Å². The summed E-state index contributed by atoms with van der Waals surface area (Å²) in [5.41, 5.74) is 7.76. The molecule has 0 saturated carbocycles. The van der Waals surface area contributed by atoms with Crippen LogP contribution in [0.4, 0.5) is 17.1 Å². The number of carbonyl (C=O) groups is 1. The van der Waals surface area contributed by atoms with Crippen LogP contribution in [0.5, 0.6) is 0 Å². The molecule has 0 saturated heterocycles. The van der Waals surface area contributed by atoms with Crippen molar-refractivity contribution in [2.75, 3.05) is 4.90 Å². The maximum Gasteiger partial charge on any atom is 0.346 e. The maximum atomic E-state index is 11.2. The molecule has 6 heteroatoms. The second kappa shape index (κ2) is 11.4. The minimum Gasteiger partial charge on any atom is -0.477 e. The van der Waals surface area contributed by atoms with Gasteiger partial charge in [0.1, 0.15) is 22.8 Å². The molecule has 210 valence electrons. The summed E-state index contributed by atoms with van der Waals surface area (Å²) < 4.78 is 6.17. The number of hydrogen-bond acceptors (Lipinski definition) is 5. The molecule has 2 aromatic heterocycles. The zero-order valence-corrected chi connectivity index (χ0v) is 24.2. The molecule has 5 aromatic carbocycles. The third kappa shape index (κ3) is 5.13. The van der Waals surface area contributed by atoms with Crippen LogP contribution in [0, 0.1) is 11.3 Å². The number of aliphatic carboxylic acids is 1. The van der Waals surface area contributed by atoms with Gasteiger partial charge in [-0.15, -0.1) is 11.3 Å². The van der Waals surface area contributed by atoms with Crippen molar-refractivity contribution in [1.82, 2.24) is 0 Å². The quantitative estimate of drug-likeness (QED) is 0.148. The van der Waals surface area contributed by atoms with Crippen LogP contribution in [0.3, 0.4) is 0 Å². The van der Waals surface area contributed by atoms with Crippen LogP contribution in [-0.2, 0) is 4.79 Å². The van der Waals surface area contributed by atoms with E-state index < -0.39 is 5.97 Å². The summed E-state index contributed by atoms with van der Waals surface area (Å²) in [5, 5.41) is 20.3. The van der Waals surface area contributed by atoms with Gasteiger partial charge in [0.05, 0.1) is 0 Å². The van der Waals surface area contributed by atoms with E-state index >= 15 is 0 Å². The van der Waals surface area contributed by atoms with Gasteiger partial charge in [0.15, 0.2) is 0 Å². The Kier molecular flexibility index (Phi) is 6.99. The van der Waals surface area contributed by atoms with Crippen molar-refractivity contribution in [3.8, 4) is 27.6 Å². The molecule has 0 bridgehead atoms.